The number of rotatable bonds is 3. The van der Waals surface area contributed by atoms with E-state index in [0.717, 1.165) is 22.1 Å². The Morgan fingerprint density at radius 3 is 2.82 bits per heavy atom. The Morgan fingerprint density at radius 1 is 1.23 bits per heavy atom. The predicted octanol–water partition coefficient (Wildman–Crippen LogP) is 3.33. The Bertz CT molecular complexity index is 852. The van der Waals surface area contributed by atoms with Crippen LogP contribution in [0.15, 0.2) is 35.0 Å². The van der Waals surface area contributed by atoms with Gasteiger partial charge in [-0.1, -0.05) is 17.3 Å². The van der Waals surface area contributed by atoms with Crippen molar-refractivity contribution < 1.29 is 9.32 Å². The lowest BCUT2D eigenvalue weighted by Crippen LogP contribution is -2.16. The molecule has 0 spiro atoms. The number of aromatic nitrogens is 2. The number of nitrogens with one attached hydrogen (secondary N) is 1. The third kappa shape index (κ3) is 2.70. The summed E-state index contributed by atoms with van der Waals surface area (Å²) in [5, 5.41) is 7.77. The molecule has 3 rings (SSSR count). The lowest BCUT2D eigenvalue weighted by Gasteiger charge is -2.06. The molecule has 0 aliphatic heterocycles. The molecule has 2 heterocycles. The largest absolute Gasteiger partial charge is 0.356 e. The highest BCUT2D eigenvalue weighted by atomic mass is 16.5. The van der Waals surface area contributed by atoms with Crippen LogP contribution in [0.3, 0.4) is 0 Å². The molecule has 0 aliphatic rings. The predicted molar refractivity (Wildman–Crippen MR) is 84.8 cm³/mol. The molecule has 22 heavy (non-hydrogen) atoms. The number of benzene rings is 1. The first kappa shape index (κ1) is 14.3. The molecule has 0 saturated carbocycles. The van der Waals surface area contributed by atoms with Crippen LogP contribution < -0.4 is 5.32 Å². The SMILES string of the molecule is Cc1cc(C)c2c(CC(=O)Nc3ncccc3C)noc2c1. The number of fused-ring (bicyclic) bond motifs is 1. The minimum Gasteiger partial charge on any atom is -0.356 e. The van der Waals surface area contributed by atoms with Gasteiger partial charge in [-0.05, 0) is 49.6 Å². The molecule has 0 aliphatic carbocycles. The van der Waals surface area contributed by atoms with Gasteiger partial charge in [-0.3, -0.25) is 4.79 Å². The van der Waals surface area contributed by atoms with E-state index in [-0.39, 0.29) is 12.3 Å². The van der Waals surface area contributed by atoms with E-state index in [2.05, 4.69) is 21.5 Å². The van der Waals surface area contributed by atoms with Gasteiger partial charge >= 0.3 is 0 Å². The molecule has 0 fully saturated rings. The Kier molecular flexibility index (Phi) is 3.63. The zero-order valence-corrected chi connectivity index (χ0v) is 12.8. The second-order valence-electron chi connectivity index (χ2n) is 5.48. The normalized spacial score (nSPS) is 10.9. The molecule has 5 nitrogen and oxygen atoms in total. The van der Waals surface area contributed by atoms with E-state index >= 15 is 0 Å². The van der Waals surface area contributed by atoms with Crippen LogP contribution in [-0.4, -0.2) is 16.0 Å². The number of carbonyl (C=O) groups is 1. The molecule has 112 valence electrons. The molecule has 0 atom stereocenters. The fraction of sp³-hybridized carbons (Fsp3) is 0.235. The number of hydrogen-bond acceptors (Lipinski definition) is 4. The standard InChI is InChI=1S/C17H17N3O2/c1-10-7-12(3)16-13(20-22-14(16)8-10)9-15(21)19-17-11(2)5-4-6-18-17/h4-8H,9H2,1-3H3,(H,18,19,21). The average molecular weight is 295 g/mol. The molecule has 5 heteroatoms. The molecule has 1 amide bonds. The van der Waals surface area contributed by atoms with Crippen LogP contribution in [0.25, 0.3) is 11.0 Å². The van der Waals surface area contributed by atoms with Gasteiger partial charge in [0.2, 0.25) is 5.91 Å². The van der Waals surface area contributed by atoms with Crippen LogP contribution in [0.4, 0.5) is 5.82 Å². The van der Waals surface area contributed by atoms with Gasteiger partial charge in [0.25, 0.3) is 0 Å². The zero-order chi connectivity index (χ0) is 15.7. The van der Waals surface area contributed by atoms with Crippen molar-refractivity contribution in [3.05, 3.63) is 52.8 Å². The van der Waals surface area contributed by atoms with Crippen molar-refractivity contribution in [3.63, 3.8) is 0 Å². The van der Waals surface area contributed by atoms with Gasteiger partial charge in [0.15, 0.2) is 5.58 Å². The number of carbonyl (C=O) groups excluding carboxylic acids is 1. The van der Waals surface area contributed by atoms with E-state index in [4.69, 9.17) is 4.52 Å². The first-order chi connectivity index (χ1) is 10.5. The molecule has 1 N–H and O–H groups in total. The topological polar surface area (TPSA) is 68.0 Å². The highest BCUT2D eigenvalue weighted by Crippen LogP contribution is 2.24. The van der Waals surface area contributed by atoms with Crippen molar-refractivity contribution >= 4 is 22.7 Å². The van der Waals surface area contributed by atoms with Gasteiger partial charge in [-0.2, -0.15) is 0 Å². The van der Waals surface area contributed by atoms with Crippen molar-refractivity contribution in [1.29, 1.82) is 0 Å². The minimum atomic E-state index is -0.156. The maximum atomic E-state index is 12.2. The fourth-order valence-corrected chi connectivity index (χ4v) is 2.59. The summed E-state index contributed by atoms with van der Waals surface area (Å²) in [6.07, 6.45) is 1.81. The molecule has 0 bridgehead atoms. The van der Waals surface area contributed by atoms with Crippen LogP contribution >= 0.6 is 0 Å². The third-order valence-corrected chi connectivity index (χ3v) is 3.58. The summed E-state index contributed by atoms with van der Waals surface area (Å²) in [7, 11) is 0. The Balaban J connectivity index is 1.84. The van der Waals surface area contributed by atoms with Gasteiger partial charge in [-0.15, -0.1) is 0 Å². The first-order valence-electron chi connectivity index (χ1n) is 7.11. The smallest absolute Gasteiger partial charge is 0.231 e. The molecular weight excluding hydrogens is 278 g/mol. The van der Waals surface area contributed by atoms with Crippen molar-refractivity contribution in [2.45, 2.75) is 27.2 Å². The molecule has 3 aromatic rings. The summed E-state index contributed by atoms with van der Waals surface area (Å²) in [5.41, 5.74) is 4.47. The second-order valence-corrected chi connectivity index (χ2v) is 5.48. The quantitative estimate of drug-likeness (QED) is 0.804. The van der Waals surface area contributed by atoms with E-state index in [1.807, 2.05) is 39.0 Å². The lowest BCUT2D eigenvalue weighted by molar-refractivity contribution is -0.115. The highest BCUT2D eigenvalue weighted by molar-refractivity contribution is 5.95. The number of aryl methyl sites for hydroxylation is 3. The van der Waals surface area contributed by atoms with Crippen molar-refractivity contribution in [2.75, 3.05) is 5.32 Å². The Morgan fingerprint density at radius 2 is 2.05 bits per heavy atom. The van der Waals surface area contributed by atoms with E-state index in [1.165, 1.54) is 0 Å². The van der Waals surface area contributed by atoms with Crippen LogP contribution in [0.5, 0.6) is 0 Å². The van der Waals surface area contributed by atoms with Gasteiger partial charge < -0.3 is 9.84 Å². The summed E-state index contributed by atoms with van der Waals surface area (Å²) in [5.74, 6) is 0.421. The molecule has 1 aromatic carbocycles. The van der Waals surface area contributed by atoms with E-state index in [1.54, 1.807) is 6.20 Å². The highest BCUT2D eigenvalue weighted by Gasteiger charge is 2.15. The second kappa shape index (κ2) is 5.60. The van der Waals surface area contributed by atoms with Gasteiger partial charge in [0.05, 0.1) is 6.42 Å². The number of amides is 1. The molecule has 0 radical (unpaired) electrons. The van der Waals surface area contributed by atoms with Crippen LogP contribution in [-0.2, 0) is 11.2 Å². The zero-order valence-electron chi connectivity index (χ0n) is 12.8. The fourth-order valence-electron chi connectivity index (χ4n) is 2.59. The Hall–Kier alpha value is -2.69. The molecule has 0 unspecified atom stereocenters. The monoisotopic (exact) mass is 295 g/mol. The maximum absolute atomic E-state index is 12.2. The summed E-state index contributed by atoms with van der Waals surface area (Å²) in [6, 6.07) is 7.73. The third-order valence-electron chi connectivity index (χ3n) is 3.58. The molecular formula is C17H17N3O2. The van der Waals surface area contributed by atoms with Gasteiger partial charge in [0.1, 0.15) is 11.5 Å². The number of hydrogen-bond donors (Lipinski definition) is 1. The molecule has 2 aromatic heterocycles. The van der Waals surface area contributed by atoms with Crippen LogP contribution in [0, 0.1) is 20.8 Å². The lowest BCUT2D eigenvalue weighted by atomic mass is 10.0. The summed E-state index contributed by atoms with van der Waals surface area (Å²) < 4.78 is 5.34. The first-order valence-corrected chi connectivity index (χ1v) is 7.11. The van der Waals surface area contributed by atoms with Gasteiger partial charge in [-0.25, -0.2) is 4.98 Å². The maximum Gasteiger partial charge on any atom is 0.231 e. The summed E-state index contributed by atoms with van der Waals surface area (Å²) in [6.45, 7) is 5.91. The van der Waals surface area contributed by atoms with E-state index < -0.39 is 0 Å². The minimum absolute atomic E-state index is 0.156. The molecule has 0 saturated heterocycles. The van der Waals surface area contributed by atoms with Crippen LogP contribution in [0.1, 0.15) is 22.4 Å². The Labute approximate surface area is 128 Å². The number of anilines is 1. The van der Waals surface area contributed by atoms with Gasteiger partial charge in [0, 0.05) is 11.6 Å². The van der Waals surface area contributed by atoms with E-state index in [0.29, 0.717) is 17.1 Å². The summed E-state index contributed by atoms with van der Waals surface area (Å²) in [4.78, 5) is 16.4. The van der Waals surface area contributed by atoms with E-state index in [9.17, 15) is 4.79 Å². The van der Waals surface area contributed by atoms with Crippen molar-refractivity contribution in [2.24, 2.45) is 0 Å². The number of pyridine rings is 1. The van der Waals surface area contributed by atoms with Crippen molar-refractivity contribution in [1.82, 2.24) is 10.1 Å². The van der Waals surface area contributed by atoms with Crippen molar-refractivity contribution in [3.8, 4) is 0 Å². The number of nitrogens with zero attached hydrogens (tertiary/aromatic N) is 2. The summed E-state index contributed by atoms with van der Waals surface area (Å²) >= 11 is 0. The van der Waals surface area contributed by atoms with Crippen LogP contribution in [0.2, 0.25) is 0 Å². The average Bonchev–Trinajstić information content (AvgIpc) is 2.84.